The van der Waals surface area contributed by atoms with Crippen LogP contribution in [0.25, 0.3) is 10.6 Å². The predicted octanol–water partition coefficient (Wildman–Crippen LogP) is 3.60. The fraction of sp³-hybridized carbons (Fsp3) is 0.300. The van der Waals surface area contributed by atoms with Gasteiger partial charge < -0.3 is 0 Å². The van der Waals surface area contributed by atoms with Gasteiger partial charge in [0.15, 0.2) is 0 Å². The van der Waals surface area contributed by atoms with Crippen molar-refractivity contribution < 1.29 is 8.42 Å². The van der Waals surface area contributed by atoms with Crippen LogP contribution in [-0.2, 0) is 29.3 Å². The average Bonchev–Trinajstić information content (AvgIpc) is 3.17. The Hall–Kier alpha value is -2.09. The van der Waals surface area contributed by atoms with Crippen LogP contribution in [0.4, 0.5) is 0 Å². The van der Waals surface area contributed by atoms with Crippen LogP contribution in [0.5, 0.6) is 0 Å². The number of thiazole rings is 1. The lowest BCUT2D eigenvalue weighted by Gasteiger charge is -2.16. The van der Waals surface area contributed by atoms with Crippen molar-refractivity contribution in [2.75, 3.05) is 6.54 Å². The number of aromatic nitrogens is 2. The molecule has 0 bridgehead atoms. The van der Waals surface area contributed by atoms with Gasteiger partial charge in [-0.2, -0.15) is 0 Å². The van der Waals surface area contributed by atoms with E-state index >= 15 is 0 Å². The van der Waals surface area contributed by atoms with Crippen LogP contribution in [0.2, 0.25) is 0 Å². The van der Waals surface area contributed by atoms with Gasteiger partial charge in [-0.3, -0.25) is 4.98 Å². The van der Waals surface area contributed by atoms with Crippen molar-refractivity contribution in [1.29, 1.82) is 0 Å². The number of nitrogens with zero attached hydrogens (tertiary/aromatic N) is 2. The minimum atomic E-state index is -3.49. The van der Waals surface area contributed by atoms with Crippen molar-refractivity contribution >= 4 is 21.4 Å². The van der Waals surface area contributed by atoms with Gasteiger partial charge in [-0.05, 0) is 61.1 Å². The molecule has 4 rings (SSSR count). The lowest BCUT2D eigenvalue weighted by molar-refractivity contribution is 0.580. The summed E-state index contributed by atoms with van der Waals surface area (Å²) in [5, 5.41) is 2.87. The summed E-state index contributed by atoms with van der Waals surface area (Å²) in [4.78, 5) is 9.04. The van der Waals surface area contributed by atoms with Gasteiger partial charge in [0.1, 0.15) is 5.01 Å². The summed E-state index contributed by atoms with van der Waals surface area (Å²) in [5.74, 6) is 0. The maximum absolute atomic E-state index is 12.6. The first-order chi connectivity index (χ1) is 13.1. The van der Waals surface area contributed by atoms with Gasteiger partial charge in [0.2, 0.25) is 10.0 Å². The zero-order chi connectivity index (χ0) is 18.7. The quantitative estimate of drug-likeness (QED) is 0.687. The van der Waals surface area contributed by atoms with E-state index < -0.39 is 10.0 Å². The van der Waals surface area contributed by atoms with E-state index in [1.165, 1.54) is 17.5 Å². The zero-order valence-corrected chi connectivity index (χ0v) is 16.5. The molecule has 2 heterocycles. The first kappa shape index (κ1) is 18.3. The molecule has 140 valence electrons. The van der Waals surface area contributed by atoms with E-state index in [4.69, 9.17) is 0 Å². The summed E-state index contributed by atoms with van der Waals surface area (Å²) in [6, 6.07) is 9.36. The molecule has 1 aromatic carbocycles. The average molecular weight is 400 g/mol. The molecule has 0 amide bonds. The van der Waals surface area contributed by atoms with Gasteiger partial charge in [-0.25, -0.2) is 18.1 Å². The fourth-order valence-electron chi connectivity index (χ4n) is 3.32. The van der Waals surface area contributed by atoms with Crippen molar-refractivity contribution in [1.82, 2.24) is 14.7 Å². The van der Waals surface area contributed by atoms with Crippen molar-refractivity contribution in [2.45, 2.75) is 37.0 Å². The molecule has 7 heteroatoms. The van der Waals surface area contributed by atoms with E-state index in [1.54, 1.807) is 29.8 Å². The van der Waals surface area contributed by atoms with Crippen LogP contribution in [-0.4, -0.2) is 24.9 Å². The number of rotatable bonds is 6. The minimum absolute atomic E-state index is 0.329. The second-order valence-electron chi connectivity index (χ2n) is 6.67. The molecule has 5 nitrogen and oxygen atoms in total. The molecule has 0 atom stereocenters. The Morgan fingerprint density at radius 2 is 1.96 bits per heavy atom. The second kappa shape index (κ2) is 7.88. The summed E-state index contributed by atoms with van der Waals surface area (Å²) >= 11 is 1.54. The topological polar surface area (TPSA) is 72.0 Å². The van der Waals surface area contributed by atoms with Crippen LogP contribution < -0.4 is 4.72 Å². The van der Waals surface area contributed by atoms with Gasteiger partial charge in [-0.1, -0.05) is 6.07 Å². The van der Waals surface area contributed by atoms with Crippen molar-refractivity contribution in [3.8, 4) is 10.6 Å². The number of benzene rings is 1. The summed E-state index contributed by atoms with van der Waals surface area (Å²) in [6.07, 6.45) is 8.40. The largest absolute Gasteiger partial charge is 0.264 e. The van der Waals surface area contributed by atoms with E-state index in [9.17, 15) is 8.42 Å². The summed E-state index contributed by atoms with van der Waals surface area (Å²) < 4.78 is 27.9. The Morgan fingerprint density at radius 3 is 2.78 bits per heavy atom. The Balaban J connectivity index is 1.39. The lowest BCUT2D eigenvalue weighted by Crippen LogP contribution is -2.26. The molecule has 27 heavy (non-hydrogen) atoms. The first-order valence-electron chi connectivity index (χ1n) is 9.08. The highest BCUT2D eigenvalue weighted by molar-refractivity contribution is 7.89. The van der Waals surface area contributed by atoms with Crippen molar-refractivity contribution in [2.24, 2.45) is 0 Å². The van der Waals surface area contributed by atoms with E-state index in [1.807, 2.05) is 29.6 Å². The third-order valence-corrected chi connectivity index (χ3v) is 7.16. The number of aryl methyl sites for hydroxylation is 2. The fourth-order valence-corrected chi connectivity index (χ4v) is 5.24. The monoisotopic (exact) mass is 399 g/mol. The van der Waals surface area contributed by atoms with Gasteiger partial charge >= 0.3 is 0 Å². The molecule has 0 spiro atoms. The molecule has 1 aliphatic carbocycles. The van der Waals surface area contributed by atoms with Gasteiger partial charge in [0.25, 0.3) is 0 Å². The van der Waals surface area contributed by atoms with Crippen LogP contribution >= 0.6 is 11.3 Å². The summed E-state index contributed by atoms with van der Waals surface area (Å²) in [6.45, 7) is 0.329. The SMILES string of the molecule is O=S(=O)(NCCc1csc(-c2cccnc2)n1)c1ccc2c(c1)CCCC2. The highest BCUT2D eigenvalue weighted by atomic mass is 32.2. The normalized spacial score (nSPS) is 14.1. The minimum Gasteiger partial charge on any atom is -0.264 e. The Kier molecular flexibility index (Phi) is 5.33. The molecular weight excluding hydrogens is 378 g/mol. The number of pyridine rings is 1. The first-order valence-corrected chi connectivity index (χ1v) is 11.4. The predicted molar refractivity (Wildman–Crippen MR) is 107 cm³/mol. The third-order valence-electron chi connectivity index (χ3n) is 4.76. The summed E-state index contributed by atoms with van der Waals surface area (Å²) in [5.41, 5.74) is 4.31. The Bertz CT molecular complexity index is 1030. The van der Waals surface area contributed by atoms with Crippen molar-refractivity contribution in [3.05, 3.63) is 64.9 Å². The van der Waals surface area contributed by atoms with Gasteiger partial charge in [0, 0.05) is 36.3 Å². The van der Waals surface area contributed by atoms with Crippen LogP contribution in [0.1, 0.15) is 29.7 Å². The second-order valence-corrected chi connectivity index (χ2v) is 9.30. The molecule has 0 fully saturated rings. The molecule has 2 aromatic heterocycles. The van der Waals surface area contributed by atoms with Crippen molar-refractivity contribution in [3.63, 3.8) is 0 Å². The Labute approximate surface area is 163 Å². The summed E-state index contributed by atoms with van der Waals surface area (Å²) in [7, 11) is -3.49. The number of fused-ring (bicyclic) bond motifs is 1. The van der Waals surface area contributed by atoms with Crippen LogP contribution in [0.3, 0.4) is 0 Å². The molecule has 0 saturated heterocycles. The standard InChI is InChI=1S/C20H21N3O2S2/c24-27(25,19-8-7-15-4-1-2-5-16(15)12-19)22-11-9-18-14-26-20(23-18)17-6-3-10-21-13-17/h3,6-8,10,12-14,22H,1-2,4-5,9,11H2. The van der Waals surface area contributed by atoms with Crippen LogP contribution in [0, 0.1) is 0 Å². The third kappa shape index (κ3) is 4.26. The molecule has 1 N–H and O–H groups in total. The smallest absolute Gasteiger partial charge is 0.240 e. The van der Waals surface area contributed by atoms with E-state index in [-0.39, 0.29) is 0 Å². The zero-order valence-electron chi connectivity index (χ0n) is 14.9. The highest BCUT2D eigenvalue weighted by Crippen LogP contribution is 2.24. The van der Waals surface area contributed by atoms with Gasteiger partial charge in [-0.15, -0.1) is 11.3 Å². The number of hydrogen-bond acceptors (Lipinski definition) is 5. The maximum Gasteiger partial charge on any atom is 0.240 e. The van der Waals surface area contributed by atoms with E-state index in [0.29, 0.717) is 17.9 Å². The van der Waals surface area contributed by atoms with Gasteiger partial charge in [0.05, 0.1) is 10.6 Å². The number of sulfonamides is 1. The maximum atomic E-state index is 12.6. The molecule has 0 saturated carbocycles. The Morgan fingerprint density at radius 1 is 1.11 bits per heavy atom. The molecule has 1 aliphatic rings. The van der Waals surface area contributed by atoms with Crippen LogP contribution in [0.15, 0.2) is 53.0 Å². The van der Waals surface area contributed by atoms with E-state index in [0.717, 1.165) is 35.5 Å². The molecule has 0 unspecified atom stereocenters. The molecule has 0 aliphatic heterocycles. The molecule has 3 aromatic rings. The highest BCUT2D eigenvalue weighted by Gasteiger charge is 2.17. The van der Waals surface area contributed by atoms with E-state index in [2.05, 4.69) is 14.7 Å². The number of nitrogens with one attached hydrogen (secondary N) is 1. The molecular formula is C20H21N3O2S2. The number of hydrogen-bond donors (Lipinski definition) is 1. The molecule has 0 radical (unpaired) electrons. The lowest BCUT2D eigenvalue weighted by atomic mass is 9.92.